The summed E-state index contributed by atoms with van der Waals surface area (Å²) in [5.74, 6) is -1.37. The molecule has 0 aliphatic rings. The third-order valence-corrected chi connectivity index (χ3v) is 6.52. The van der Waals surface area contributed by atoms with Crippen LogP contribution >= 0.6 is 35.8 Å². The van der Waals surface area contributed by atoms with E-state index in [4.69, 9.17) is 23.2 Å². The minimum atomic E-state index is -4.90. The van der Waals surface area contributed by atoms with Crippen molar-refractivity contribution in [1.29, 1.82) is 0 Å². The smallest absolute Gasteiger partial charge is 0.380 e. The molecule has 2 unspecified atom stereocenters. The first-order valence-corrected chi connectivity index (χ1v) is 11.2. The van der Waals surface area contributed by atoms with Crippen LogP contribution in [0, 0.1) is 6.92 Å². The molecule has 0 fully saturated rings. The lowest BCUT2D eigenvalue weighted by Crippen LogP contribution is -2.39. The zero-order chi connectivity index (χ0) is 25.3. The van der Waals surface area contributed by atoms with Gasteiger partial charge in [-0.1, -0.05) is 65.7 Å². The molecule has 3 aromatic rings. The summed E-state index contributed by atoms with van der Waals surface area (Å²) in [4.78, 5) is 25.4. The largest absolute Gasteiger partial charge is 0.407 e. The number of benzene rings is 3. The van der Waals surface area contributed by atoms with Gasteiger partial charge in [0.2, 0.25) is 0 Å². The normalized spacial score (nSPS) is 14.4. The third-order valence-electron chi connectivity index (χ3n) is 5.42. The molecule has 0 aliphatic carbocycles. The summed E-state index contributed by atoms with van der Waals surface area (Å²) >= 11 is 15.6. The van der Waals surface area contributed by atoms with Crippen molar-refractivity contribution in [2.75, 3.05) is 0 Å². The number of hydrogen-bond donors (Lipinski definition) is 2. The summed E-state index contributed by atoms with van der Waals surface area (Å²) in [5.41, 5.74) is 0.563. The van der Waals surface area contributed by atoms with Crippen molar-refractivity contribution in [2.45, 2.75) is 30.4 Å². The summed E-state index contributed by atoms with van der Waals surface area (Å²) in [6, 6.07) is 15.6. The highest BCUT2D eigenvalue weighted by atomic mass is 35.5. The molecule has 3 nitrogen and oxygen atoms in total. The number of hydrogen-bond acceptors (Lipinski definition) is 4. The van der Waals surface area contributed by atoms with Crippen LogP contribution < -0.4 is 0 Å². The summed E-state index contributed by atoms with van der Waals surface area (Å²) in [6.45, 7) is 1.56. The number of aliphatic hydroxyl groups excluding tert-OH is 1. The van der Waals surface area contributed by atoms with E-state index < -0.39 is 35.0 Å². The number of Topliss-reactive ketones (excluding diaryl/α,β-unsaturated/α-hetero) is 2. The van der Waals surface area contributed by atoms with Crippen LogP contribution in [0.15, 0.2) is 66.7 Å². The molecule has 0 spiro atoms. The average Bonchev–Trinajstić information content (AvgIpc) is 2.77. The molecule has 0 radical (unpaired) electrons. The second-order valence-electron chi connectivity index (χ2n) is 7.82. The predicted octanol–water partition coefficient (Wildman–Crippen LogP) is 7.18. The van der Waals surface area contributed by atoms with E-state index in [0.717, 1.165) is 12.1 Å². The van der Waals surface area contributed by atoms with Crippen LogP contribution in [0.3, 0.4) is 0 Å². The van der Waals surface area contributed by atoms with Gasteiger partial charge >= 0.3 is 6.18 Å². The van der Waals surface area contributed by atoms with Gasteiger partial charge in [0.15, 0.2) is 11.6 Å². The van der Waals surface area contributed by atoms with Crippen molar-refractivity contribution in [1.82, 2.24) is 0 Å². The number of aliphatic hydroxyl groups is 1. The van der Waals surface area contributed by atoms with E-state index in [-0.39, 0.29) is 26.7 Å². The van der Waals surface area contributed by atoms with Gasteiger partial charge in [-0.3, -0.25) is 9.59 Å². The Kier molecular flexibility index (Phi) is 7.82. The molecule has 178 valence electrons. The molecule has 3 rings (SSSR count). The van der Waals surface area contributed by atoms with E-state index in [1.165, 1.54) is 24.3 Å². The lowest BCUT2D eigenvalue weighted by molar-refractivity contribution is -0.160. The molecule has 34 heavy (non-hydrogen) atoms. The monoisotopic (exact) mass is 526 g/mol. The zero-order valence-corrected chi connectivity index (χ0v) is 20.1. The molecule has 1 N–H and O–H groups in total. The van der Waals surface area contributed by atoms with Crippen LogP contribution in [0.25, 0.3) is 0 Å². The molecular weight excluding hydrogens is 508 g/mol. The first kappa shape index (κ1) is 26.3. The summed E-state index contributed by atoms with van der Waals surface area (Å²) in [5, 5.41) is 10.5. The Balaban J connectivity index is 1.90. The van der Waals surface area contributed by atoms with Crippen molar-refractivity contribution in [3.05, 3.63) is 105 Å². The molecule has 3 aromatic carbocycles. The lowest BCUT2D eigenvalue weighted by atomic mass is 9.88. The third kappa shape index (κ3) is 5.49. The molecule has 0 saturated heterocycles. The van der Waals surface area contributed by atoms with Crippen molar-refractivity contribution < 1.29 is 27.9 Å². The number of thiol groups is 1. The number of rotatable bonds is 7. The van der Waals surface area contributed by atoms with Gasteiger partial charge in [0.05, 0.1) is 0 Å². The zero-order valence-electron chi connectivity index (χ0n) is 17.7. The number of ketones is 2. The van der Waals surface area contributed by atoms with E-state index in [1.807, 2.05) is 0 Å². The van der Waals surface area contributed by atoms with E-state index in [9.17, 15) is 27.9 Å². The van der Waals surface area contributed by atoms with E-state index >= 15 is 0 Å². The van der Waals surface area contributed by atoms with Crippen molar-refractivity contribution in [2.24, 2.45) is 0 Å². The quantitative estimate of drug-likeness (QED) is 0.253. The number of aryl methyl sites for hydroxylation is 1. The molecule has 0 aliphatic heterocycles. The van der Waals surface area contributed by atoms with Crippen LogP contribution in [-0.4, -0.2) is 22.8 Å². The average molecular weight is 527 g/mol. The Morgan fingerprint density at radius 3 is 2.06 bits per heavy atom. The fraction of sp³-hybridized carbons (Fsp3) is 0.200. The number of alkyl halides is 3. The summed E-state index contributed by atoms with van der Waals surface area (Å²) in [7, 11) is 0. The van der Waals surface area contributed by atoms with Crippen LogP contribution in [0.4, 0.5) is 13.2 Å². The second-order valence-corrected chi connectivity index (χ2v) is 9.46. The molecule has 0 bridgehead atoms. The van der Waals surface area contributed by atoms with Gasteiger partial charge in [-0.05, 0) is 47.9 Å². The SMILES string of the molecule is Cc1cc(C(=O)CC(S)(c2cc(Cl)cc(Cl)c2)C(F)(F)F)ccc1C(O)C(=O)c1ccccc1. The number of halogens is 5. The molecule has 0 aromatic heterocycles. The minimum Gasteiger partial charge on any atom is -0.380 e. The second kappa shape index (κ2) is 10.1. The molecule has 0 amide bonds. The van der Waals surface area contributed by atoms with Gasteiger partial charge in [0, 0.05) is 27.6 Å². The van der Waals surface area contributed by atoms with Gasteiger partial charge in [-0.15, -0.1) is 0 Å². The van der Waals surface area contributed by atoms with Crippen molar-refractivity contribution >= 4 is 47.4 Å². The minimum absolute atomic E-state index is 0.0172. The van der Waals surface area contributed by atoms with E-state index in [1.54, 1.807) is 37.3 Å². The fourth-order valence-corrected chi connectivity index (χ4v) is 4.35. The highest BCUT2D eigenvalue weighted by Gasteiger charge is 2.54. The van der Waals surface area contributed by atoms with Crippen LogP contribution in [0.2, 0.25) is 10.0 Å². The Morgan fingerprint density at radius 2 is 1.53 bits per heavy atom. The van der Waals surface area contributed by atoms with Gasteiger partial charge in [-0.25, -0.2) is 0 Å². The maximum Gasteiger partial charge on any atom is 0.407 e. The van der Waals surface area contributed by atoms with Gasteiger partial charge in [0.25, 0.3) is 0 Å². The van der Waals surface area contributed by atoms with Crippen molar-refractivity contribution in [3.63, 3.8) is 0 Å². The first-order valence-electron chi connectivity index (χ1n) is 10.0. The number of carbonyl (C=O) groups excluding carboxylic acids is 2. The van der Waals surface area contributed by atoms with Crippen LogP contribution in [-0.2, 0) is 4.75 Å². The molecule has 0 heterocycles. The van der Waals surface area contributed by atoms with Gasteiger partial charge in [-0.2, -0.15) is 25.8 Å². The fourth-order valence-electron chi connectivity index (χ4n) is 3.55. The molecule has 0 saturated carbocycles. The standard InChI is InChI=1S/C25H19Cl2F3O3S/c1-14-9-16(7-8-20(14)23(33)22(32)15-5-3-2-4-6-15)21(31)13-24(34,25(28,29)30)17-10-18(26)12-19(27)11-17/h2-12,23,33-34H,13H2,1H3. The Hall–Kier alpha value is -2.32. The van der Waals surface area contributed by atoms with E-state index in [2.05, 4.69) is 12.6 Å². The molecule has 2 atom stereocenters. The maximum absolute atomic E-state index is 14.0. The molecular formula is C25H19Cl2F3O3S. The van der Waals surface area contributed by atoms with Crippen LogP contribution in [0.1, 0.15) is 49.9 Å². The number of carbonyl (C=O) groups is 2. The van der Waals surface area contributed by atoms with Gasteiger partial charge in [0.1, 0.15) is 10.9 Å². The first-order chi connectivity index (χ1) is 15.8. The van der Waals surface area contributed by atoms with Crippen LogP contribution in [0.5, 0.6) is 0 Å². The Morgan fingerprint density at radius 1 is 0.941 bits per heavy atom. The summed E-state index contributed by atoms with van der Waals surface area (Å²) < 4.78 is 39.3. The maximum atomic E-state index is 14.0. The predicted molar refractivity (Wildman–Crippen MR) is 129 cm³/mol. The Bertz CT molecular complexity index is 1210. The molecule has 9 heteroatoms. The highest BCUT2D eigenvalue weighted by molar-refractivity contribution is 7.81. The van der Waals surface area contributed by atoms with Gasteiger partial charge < -0.3 is 5.11 Å². The lowest BCUT2D eigenvalue weighted by Gasteiger charge is -2.31. The Labute approximate surface area is 209 Å². The highest BCUT2D eigenvalue weighted by Crippen LogP contribution is 2.48. The van der Waals surface area contributed by atoms with Crippen molar-refractivity contribution in [3.8, 4) is 0 Å². The summed E-state index contributed by atoms with van der Waals surface area (Å²) in [6.07, 6.45) is -7.40. The topological polar surface area (TPSA) is 54.4 Å². The van der Waals surface area contributed by atoms with E-state index in [0.29, 0.717) is 11.1 Å².